The normalized spacial score (nSPS) is 42.5. The van der Waals surface area contributed by atoms with Crippen LogP contribution in [0.5, 0.6) is 0 Å². The van der Waals surface area contributed by atoms with Crippen molar-refractivity contribution in [2.24, 2.45) is 28.6 Å². The smallest absolute Gasteiger partial charge is 0.193 e. The molecule has 0 bridgehead atoms. The molecule has 0 spiro atoms. The van der Waals surface area contributed by atoms with Crippen LogP contribution in [0.4, 0.5) is 4.39 Å². The lowest BCUT2D eigenvalue weighted by molar-refractivity contribution is -0.300. The first-order chi connectivity index (χ1) is 25.7. The first kappa shape index (κ1) is 37.7. The number of Topliss-reactive ketones (excluding diaryl/α,β-unsaturated/α-hetero) is 1. The highest BCUT2D eigenvalue weighted by Gasteiger charge is 2.76. The molecule has 5 fully saturated rings. The maximum atomic E-state index is 16.0. The molecule has 6 aliphatic rings. The van der Waals surface area contributed by atoms with E-state index in [1.54, 1.807) is 18.2 Å². The number of ketones is 2. The number of halogens is 1. The Morgan fingerprint density at radius 3 is 2.46 bits per heavy atom. The molecule has 2 aromatic carbocycles. The quantitative estimate of drug-likeness (QED) is 0.269. The van der Waals surface area contributed by atoms with E-state index in [9.17, 15) is 35.1 Å². The van der Waals surface area contributed by atoms with E-state index in [-0.39, 0.29) is 35.5 Å². The number of ether oxygens (including phenoxy) is 4. The molecular formula is C42H49FO11. The predicted octanol–water partition coefficient (Wildman–Crippen LogP) is 3.15. The standard InChI is InChI=1S/C42H49FO11/c1-21-4-6-22(7-5-21)14-23-8-10-27(29(43)15-23)38-53-33-17-28-26-11-9-24-16-25(45)12-13-40(24,2)34(26)30(46)18-41(28,3)42(33,54-38)32(47)20-51-39-37(50)36(49)35(48)31(19-44)52-39/h4-8,10,12-13,15-16,26,28,30-31,33-39,44,46,48-50H,9,11,14,17-20H2,1-3H3/t26-,28-,30-,31+,33+,34+,35+,36-,37+,38+,39+,40-,41-,42+/m0/s1. The fourth-order valence-electron chi connectivity index (χ4n) is 11.0. The maximum Gasteiger partial charge on any atom is 0.193 e. The zero-order valence-corrected chi connectivity index (χ0v) is 30.6. The third-order valence-corrected chi connectivity index (χ3v) is 13.7. The van der Waals surface area contributed by atoms with E-state index in [4.69, 9.17) is 18.9 Å². The number of hydrogen-bond donors (Lipinski definition) is 5. The fraction of sp³-hybridized carbons (Fsp3) is 0.571. The number of aryl methyl sites for hydroxylation is 1. The summed E-state index contributed by atoms with van der Waals surface area (Å²) < 4.78 is 40.7. The Hall–Kier alpha value is -3.17. The average Bonchev–Trinajstić information content (AvgIpc) is 3.64. The summed E-state index contributed by atoms with van der Waals surface area (Å²) in [5, 5.41) is 53.1. The number of fused-ring (bicyclic) bond motifs is 7. The van der Waals surface area contributed by atoms with Crippen molar-refractivity contribution in [2.75, 3.05) is 13.2 Å². The van der Waals surface area contributed by atoms with Crippen LogP contribution in [0.2, 0.25) is 0 Å². The first-order valence-corrected chi connectivity index (χ1v) is 18.9. The highest BCUT2D eigenvalue weighted by Crippen LogP contribution is 2.70. The Kier molecular flexibility index (Phi) is 9.64. The van der Waals surface area contributed by atoms with Crippen LogP contribution in [0.3, 0.4) is 0 Å². The molecule has 11 nitrogen and oxygen atoms in total. The lowest BCUT2D eigenvalue weighted by Gasteiger charge is -2.59. The lowest BCUT2D eigenvalue weighted by atomic mass is 9.46. The molecule has 2 saturated heterocycles. The van der Waals surface area contributed by atoms with E-state index in [1.165, 1.54) is 6.07 Å². The molecule has 5 N–H and O–H groups in total. The van der Waals surface area contributed by atoms with Crippen LogP contribution in [0, 0.1) is 41.3 Å². The summed E-state index contributed by atoms with van der Waals surface area (Å²) in [6, 6.07) is 12.9. The number of rotatable bonds is 8. The Morgan fingerprint density at radius 2 is 1.74 bits per heavy atom. The number of benzene rings is 2. The minimum absolute atomic E-state index is 0.0659. The second-order valence-electron chi connectivity index (χ2n) is 16.7. The van der Waals surface area contributed by atoms with Crippen molar-refractivity contribution in [1.29, 1.82) is 0 Å². The molecule has 2 aromatic rings. The van der Waals surface area contributed by atoms with E-state index in [2.05, 4.69) is 6.92 Å². The van der Waals surface area contributed by atoms with Crippen molar-refractivity contribution in [2.45, 2.75) is 108 Å². The minimum atomic E-state index is -1.73. The van der Waals surface area contributed by atoms with E-state index in [0.29, 0.717) is 25.7 Å². The Balaban J connectivity index is 1.11. The van der Waals surface area contributed by atoms with E-state index in [0.717, 1.165) is 22.3 Å². The number of allylic oxidation sites excluding steroid dienone is 4. The molecule has 3 saturated carbocycles. The van der Waals surface area contributed by atoms with Gasteiger partial charge in [-0.05, 0) is 80.2 Å². The van der Waals surface area contributed by atoms with Gasteiger partial charge in [0.2, 0.25) is 0 Å². The number of carbonyl (C=O) groups is 2. The number of aliphatic hydroxyl groups excluding tert-OH is 5. The van der Waals surface area contributed by atoms with Crippen molar-refractivity contribution < 1.29 is 58.5 Å². The predicted molar refractivity (Wildman–Crippen MR) is 190 cm³/mol. The van der Waals surface area contributed by atoms with Crippen molar-refractivity contribution in [1.82, 2.24) is 0 Å². The second kappa shape index (κ2) is 13.8. The topological polar surface area (TPSA) is 172 Å². The second-order valence-corrected chi connectivity index (χ2v) is 16.7. The molecule has 290 valence electrons. The molecule has 0 amide bonds. The lowest BCUT2D eigenvalue weighted by Crippen LogP contribution is -2.64. The van der Waals surface area contributed by atoms with Gasteiger partial charge in [0.15, 0.2) is 29.7 Å². The Bertz CT molecular complexity index is 1860. The van der Waals surface area contributed by atoms with Crippen molar-refractivity contribution in [3.8, 4) is 0 Å². The van der Waals surface area contributed by atoms with Gasteiger partial charge in [0.05, 0.1) is 18.8 Å². The molecular weight excluding hydrogens is 699 g/mol. The van der Waals surface area contributed by atoms with Crippen molar-refractivity contribution >= 4 is 11.6 Å². The molecule has 0 radical (unpaired) electrons. The number of carbonyl (C=O) groups excluding carboxylic acids is 2. The van der Waals surface area contributed by atoms with Crippen molar-refractivity contribution in [3.63, 3.8) is 0 Å². The molecule has 2 aliphatic heterocycles. The van der Waals surface area contributed by atoms with E-state index >= 15 is 4.39 Å². The Morgan fingerprint density at radius 1 is 1.00 bits per heavy atom. The van der Waals surface area contributed by atoms with Crippen LogP contribution in [-0.2, 0) is 35.0 Å². The monoisotopic (exact) mass is 748 g/mol. The summed E-state index contributed by atoms with van der Waals surface area (Å²) in [4.78, 5) is 27.2. The molecule has 12 heteroatoms. The number of aliphatic hydroxyl groups is 5. The molecule has 0 unspecified atom stereocenters. The van der Waals surface area contributed by atoms with Crippen LogP contribution in [0.25, 0.3) is 0 Å². The van der Waals surface area contributed by atoms with Gasteiger partial charge in [-0.2, -0.15) is 0 Å². The molecule has 8 rings (SSSR count). The van der Waals surface area contributed by atoms with Gasteiger partial charge in [0, 0.05) is 22.3 Å². The third-order valence-electron chi connectivity index (χ3n) is 13.7. The van der Waals surface area contributed by atoms with Gasteiger partial charge in [-0.1, -0.05) is 67.5 Å². The molecule has 4 aliphatic carbocycles. The van der Waals surface area contributed by atoms with Gasteiger partial charge in [0.25, 0.3) is 0 Å². The third kappa shape index (κ3) is 5.80. The first-order valence-electron chi connectivity index (χ1n) is 18.9. The highest BCUT2D eigenvalue weighted by atomic mass is 19.1. The van der Waals surface area contributed by atoms with E-state index in [1.807, 2.05) is 50.3 Å². The average molecular weight is 749 g/mol. The molecule has 2 heterocycles. The molecule has 0 aromatic heterocycles. The van der Waals surface area contributed by atoms with Gasteiger partial charge < -0.3 is 44.5 Å². The van der Waals surface area contributed by atoms with Crippen LogP contribution in [0.1, 0.15) is 68.1 Å². The fourth-order valence-corrected chi connectivity index (χ4v) is 11.0. The Labute approximate surface area is 313 Å². The molecule has 54 heavy (non-hydrogen) atoms. The molecule has 14 atom stereocenters. The zero-order valence-electron chi connectivity index (χ0n) is 30.6. The zero-order chi connectivity index (χ0) is 38.3. The number of hydrogen-bond acceptors (Lipinski definition) is 11. The summed E-state index contributed by atoms with van der Waals surface area (Å²) >= 11 is 0. The van der Waals surface area contributed by atoms with Gasteiger partial charge in [-0.15, -0.1) is 0 Å². The highest BCUT2D eigenvalue weighted by molar-refractivity contribution is 6.01. The largest absolute Gasteiger partial charge is 0.394 e. The summed E-state index contributed by atoms with van der Waals surface area (Å²) in [5.74, 6) is -1.65. The van der Waals surface area contributed by atoms with E-state index < -0.39 is 90.4 Å². The van der Waals surface area contributed by atoms with Crippen LogP contribution < -0.4 is 0 Å². The summed E-state index contributed by atoms with van der Waals surface area (Å²) in [6.45, 7) is 4.64. The van der Waals surface area contributed by atoms with Gasteiger partial charge in [-0.3, -0.25) is 9.59 Å². The van der Waals surface area contributed by atoms with Crippen LogP contribution >= 0.6 is 0 Å². The van der Waals surface area contributed by atoms with Gasteiger partial charge >= 0.3 is 0 Å². The van der Waals surface area contributed by atoms with Crippen molar-refractivity contribution in [3.05, 3.63) is 94.3 Å². The van der Waals surface area contributed by atoms with Crippen LogP contribution in [0.15, 0.2) is 66.3 Å². The van der Waals surface area contributed by atoms with Crippen LogP contribution in [-0.4, -0.2) is 98.8 Å². The summed E-state index contributed by atoms with van der Waals surface area (Å²) in [5.41, 5.74) is 0.746. The minimum Gasteiger partial charge on any atom is -0.394 e. The summed E-state index contributed by atoms with van der Waals surface area (Å²) in [7, 11) is 0. The maximum absolute atomic E-state index is 16.0. The SMILES string of the molecule is Cc1ccc(Cc2ccc([C@@H]3O[C@@H]4C[C@H]5[C@@H]6CCC7=CC(=O)C=C[C@]7(C)[C@H]6[C@@H](O)C[C@]5(C)[C@]4(C(=O)CO[C@@H]4O[C@H](CO)[C@@H](O)[C@H](O)[C@H]4O)O3)c(F)c2)cc1. The van der Waals surface area contributed by atoms with Gasteiger partial charge in [-0.25, -0.2) is 4.39 Å². The summed E-state index contributed by atoms with van der Waals surface area (Å²) in [6.07, 6.45) is -3.29. The van der Waals surface area contributed by atoms with Gasteiger partial charge in [0.1, 0.15) is 36.8 Å².